The smallest absolute Gasteiger partial charge is 0.127 e. The summed E-state index contributed by atoms with van der Waals surface area (Å²) in [4.78, 5) is 11.1. The van der Waals surface area contributed by atoms with Gasteiger partial charge in [-0.05, 0) is 18.9 Å². The van der Waals surface area contributed by atoms with Crippen LogP contribution >= 0.6 is 0 Å². The summed E-state index contributed by atoms with van der Waals surface area (Å²) < 4.78 is 0. The molecule has 68 valence electrons. The zero-order chi connectivity index (χ0) is 8.89. The third-order valence-corrected chi connectivity index (χ3v) is 3.77. The van der Waals surface area contributed by atoms with Crippen LogP contribution in [0.15, 0.2) is 24.3 Å². The van der Waals surface area contributed by atoms with Crippen molar-refractivity contribution >= 4 is 6.29 Å². The number of hydrogen-bond acceptors (Lipinski definition) is 2. The van der Waals surface area contributed by atoms with Gasteiger partial charge in [0.25, 0.3) is 0 Å². The van der Waals surface area contributed by atoms with Crippen LogP contribution in [0.25, 0.3) is 0 Å². The zero-order valence-electron chi connectivity index (χ0n) is 7.44. The lowest BCUT2D eigenvalue weighted by molar-refractivity contribution is -0.114. The van der Waals surface area contributed by atoms with E-state index >= 15 is 0 Å². The standard InChI is InChI=1S/C11H13NO/c13-7-11-5-8(11)6-12-10-4-2-1-3-9(10)11/h1-4,7-10,12H,5-6H2. The molecule has 1 saturated heterocycles. The molecule has 4 unspecified atom stereocenters. The SMILES string of the molecule is O=CC12CC1CNC1C=CC=CC12. The van der Waals surface area contributed by atoms with E-state index in [1.807, 2.05) is 0 Å². The molecule has 3 aliphatic rings. The molecule has 0 radical (unpaired) electrons. The highest BCUT2D eigenvalue weighted by Gasteiger charge is 2.62. The Morgan fingerprint density at radius 3 is 3.08 bits per heavy atom. The number of carbonyl (C=O) groups excluding carboxylic acids is 1. The topological polar surface area (TPSA) is 29.1 Å². The van der Waals surface area contributed by atoms with Crippen molar-refractivity contribution in [3.05, 3.63) is 24.3 Å². The van der Waals surface area contributed by atoms with Crippen molar-refractivity contribution < 1.29 is 4.79 Å². The van der Waals surface area contributed by atoms with Crippen molar-refractivity contribution in [3.63, 3.8) is 0 Å². The van der Waals surface area contributed by atoms with Gasteiger partial charge >= 0.3 is 0 Å². The molecule has 0 bridgehead atoms. The van der Waals surface area contributed by atoms with Crippen LogP contribution in [-0.4, -0.2) is 18.9 Å². The maximum Gasteiger partial charge on any atom is 0.127 e. The highest BCUT2D eigenvalue weighted by molar-refractivity contribution is 5.67. The first-order valence-electron chi connectivity index (χ1n) is 4.91. The molecule has 1 N–H and O–H groups in total. The second-order valence-corrected chi connectivity index (χ2v) is 4.36. The summed E-state index contributed by atoms with van der Waals surface area (Å²) >= 11 is 0. The average molecular weight is 175 g/mol. The molecule has 13 heavy (non-hydrogen) atoms. The molecular formula is C11H13NO. The van der Waals surface area contributed by atoms with Crippen LogP contribution in [0.5, 0.6) is 0 Å². The largest absolute Gasteiger partial charge is 0.310 e. The van der Waals surface area contributed by atoms with E-state index in [1.54, 1.807) is 0 Å². The lowest BCUT2D eigenvalue weighted by Crippen LogP contribution is -2.46. The minimum Gasteiger partial charge on any atom is -0.310 e. The Morgan fingerprint density at radius 2 is 2.23 bits per heavy atom. The van der Waals surface area contributed by atoms with Crippen LogP contribution in [0.4, 0.5) is 0 Å². The van der Waals surface area contributed by atoms with E-state index in [-0.39, 0.29) is 5.41 Å². The monoisotopic (exact) mass is 175 g/mol. The van der Waals surface area contributed by atoms with Crippen molar-refractivity contribution in [1.82, 2.24) is 5.32 Å². The summed E-state index contributed by atoms with van der Waals surface area (Å²) in [6, 6.07) is 0.397. The van der Waals surface area contributed by atoms with Gasteiger partial charge in [-0.3, -0.25) is 0 Å². The highest BCUT2D eigenvalue weighted by Crippen LogP contribution is 2.59. The Labute approximate surface area is 77.7 Å². The van der Waals surface area contributed by atoms with E-state index in [9.17, 15) is 4.79 Å². The molecule has 2 fully saturated rings. The molecule has 0 amide bonds. The first-order chi connectivity index (χ1) is 6.37. The van der Waals surface area contributed by atoms with E-state index < -0.39 is 0 Å². The lowest BCUT2D eigenvalue weighted by Gasteiger charge is -2.34. The minimum atomic E-state index is -0.00280. The van der Waals surface area contributed by atoms with Crippen LogP contribution < -0.4 is 5.32 Å². The van der Waals surface area contributed by atoms with E-state index in [1.165, 1.54) is 6.29 Å². The number of allylic oxidation sites excluding steroid dienone is 2. The molecule has 1 aliphatic heterocycles. The summed E-state index contributed by atoms with van der Waals surface area (Å²) in [5.74, 6) is 1.01. The average Bonchev–Trinajstić information content (AvgIpc) is 2.93. The van der Waals surface area contributed by atoms with E-state index in [0.29, 0.717) is 17.9 Å². The van der Waals surface area contributed by atoms with Crippen LogP contribution in [-0.2, 0) is 4.79 Å². The Bertz CT molecular complexity index is 307. The van der Waals surface area contributed by atoms with Crippen molar-refractivity contribution in [2.24, 2.45) is 17.3 Å². The second kappa shape index (κ2) is 2.32. The number of carbonyl (C=O) groups is 1. The molecule has 0 aromatic carbocycles. The summed E-state index contributed by atoms with van der Waals surface area (Å²) in [5.41, 5.74) is -0.00280. The second-order valence-electron chi connectivity index (χ2n) is 4.36. The zero-order valence-corrected chi connectivity index (χ0v) is 7.44. The number of piperidine rings is 1. The lowest BCUT2D eigenvalue weighted by atomic mass is 9.78. The van der Waals surface area contributed by atoms with Gasteiger partial charge in [-0.15, -0.1) is 0 Å². The Morgan fingerprint density at radius 1 is 1.38 bits per heavy atom. The summed E-state index contributed by atoms with van der Waals surface area (Å²) in [6.07, 6.45) is 10.8. The van der Waals surface area contributed by atoms with Gasteiger partial charge in [0, 0.05) is 17.4 Å². The van der Waals surface area contributed by atoms with E-state index in [4.69, 9.17) is 0 Å². The normalized spacial score (nSPS) is 50.9. The Balaban J connectivity index is 1.97. The molecule has 1 saturated carbocycles. The van der Waals surface area contributed by atoms with Crippen molar-refractivity contribution in [2.45, 2.75) is 12.5 Å². The molecule has 2 nitrogen and oxygen atoms in total. The van der Waals surface area contributed by atoms with Crippen molar-refractivity contribution in [3.8, 4) is 0 Å². The first-order valence-corrected chi connectivity index (χ1v) is 4.91. The maximum absolute atomic E-state index is 11.1. The van der Waals surface area contributed by atoms with Crippen molar-refractivity contribution in [1.29, 1.82) is 0 Å². The van der Waals surface area contributed by atoms with Crippen LogP contribution in [0, 0.1) is 17.3 Å². The third-order valence-electron chi connectivity index (χ3n) is 3.77. The molecule has 1 heterocycles. The number of rotatable bonds is 1. The molecule has 0 aromatic rings. The van der Waals surface area contributed by atoms with E-state index in [2.05, 4.69) is 29.6 Å². The van der Waals surface area contributed by atoms with Crippen LogP contribution in [0.2, 0.25) is 0 Å². The summed E-state index contributed by atoms with van der Waals surface area (Å²) in [6.45, 7) is 1.01. The molecule has 2 aliphatic carbocycles. The van der Waals surface area contributed by atoms with Crippen LogP contribution in [0.1, 0.15) is 6.42 Å². The predicted octanol–water partition coefficient (Wildman–Crippen LogP) is 0.906. The van der Waals surface area contributed by atoms with Gasteiger partial charge in [0.2, 0.25) is 0 Å². The van der Waals surface area contributed by atoms with E-state index in [0.717, 1.165) is 13.0 Å². The molecule has 0 spiro atoms. The van der Waals surface area contributed by atoms with Gasteiger partial charge in [0.1, 0.15) is 6.29 Å². The van der Waals surface area contributed by atoms with Gasteiger partial charge in [-0.2, -0.15) is 0 Å². The first kappa shape index (κ1) is 7.51. The number of aldehydes is 1. The molecule has 0 aromatic heterocycles. The highest BCUT2D eigenvalue weighted by atomic mass is 16.1. The van der Waals surface area contributed by atoms with Gasteiger partial charge < -0.3 is 10.1 Å². The van der Waals surface area contributed by atoms with Gasteiger partial charge in [-0.25, -0.2) is 0 Å². The molecular weight excluding hydrogens is 162 g/mol. The van der Waals surface area contributed by atoms with Gasteiger partial charge in [-0.1, -0.05) is 24.3 Å². The Kier molecular flexibility index (Phi) is 1.34. The fraction of sp³-hybridized carbons (Fsp3) is 0.545. The van der Waals surface area contributed by atoms with Gasteiger partial charge in [0.05, 0.1) is 0 Å². The van der Waals surface area contributed by atoms with Gasteiger partial charge in [0.15, 0.2) is 0 Å². The summed E-state index contributed by atoms with van der Waals surface area (Å²) in [7, 11) is 0. The molecule has 2 heteroatoms. The molecule has 4 atom stereocenters. The number of fused-ring (bicyclic) bond motifs is 3. The quantitative estimate of drug-likeness (QED) is 0.600. The third kappa shape index (κ3) is 0.841. The Hall–Kier alpha value is -0.890. The summed E-state index contributed by atoms with van der Waals surface area (Å²) in [5, 5.41) is 3.47. The number of hydrogen-bond donors (Lipinski definition) is 1. The number of nitrogens with one attached hydrogen (secondary N) is 1. The maximum atomic E-state index is 11.1. The van der Waals surface area contributed by atoms with Crippen molar-refractivity contribution in [2.75, 3.05) is 6.54 Å². The fourth-order valence-corrected chi connectivity index (χ4v) is 2.86. The van der Waals surface area contributed by atoms with Crippen LogP contribution in [0.3, 0.4) is 0 Å². The fourth-order valence-electron chi connectivity index (χ4n) is 2.86. The minimum absolute atomic E-state index is 0.00280. The molecule has 3 rings (SSSR count). The predicted molar refractivity (Wildman–Crippen MR) is 50.2 cm³/mol.